The van der Waals surface area contributed by atoms with E-state index in [-0.39, 0.29) is 5.91 Å². The van der Waals surface area contributed by atoms with Gasteiger partial charge in [0.15, 0.2) is 0 Å². The van der Waals surface area contributed by atoms with Gasteiger partial charge in [-0.2, -0.15) is 0 Å². The number of piperazine rings is 1. The highest BCUT2D eigenvalue weighted by atomic mass is 35.5. The number of hydrogen-bond donors (Lipinski definition) is 0. The Morgan fingerprint density at radius 3 is 2.71 bits per heavy atom. The number of likely N-dealkylation sites (N-methyl/N-ethyl adjacent to an activating group) is 1. The van der Waals surface area contributed by atoms with Crippen LogP contribution in [0.3, 0.4) is 0 Å². The summed E-state index contributed by atoms with van der Waals surface area (Å²) in [6.45, 7) is 6.06. The molecule has 0 aromatic carbocycles. The van der Waals surface area contributed by atoms with Gasteiger partial charge < -0.3 is 9.80 Å². The first kappa shape index (κ1) is 14.8. The van der Waals surface area contributed by atoms with Gasteiger partial charge in [0.2, 0.25) is 0 Å². The molecular weight excluding hydrogens is 288 g/mol. The summed E-state index contributed by atoms with van der Waals surface area (Å²) in [5, 5.41) is 0.510. The Morgan fingerprint density at radius 2 is 2.00 bits per heavy atom. The average molecular weight is 309 g/mol. The monoisotopic (exact) mass is 308 g/mol. The number of halogens is 1. The predicted octanol–water partition coefficient (Wildman–Crippen LogP) is 1.20. The zero-order valence-corrected chi connectivity index (χ0v) is 13.1. The van der Waals surface area contributed by atoms with E-state index in [0.29, 0.717) is 16.6 Å². The van der Waals surface area contributed by atoms with Gasteiger partial charge in [0, 0.05) is 57.7 Å². The molecule has 0 unspecified atom stereocenters. The molecule has 2 saturated heterocycles. The van der Waals surface area contributed by atoms with E-state index in [9.17, 15) is 4.79 Å². The zero-order valence-electron chi connectivity index (χ0n) is 12.3. The summed E-state index contributed by atoms with van der Waals surface area (Å²) in [5.41, 5.74) is 0.585. The van der Waals surface area contributed by atoms with Gasteiger partial charge in [-0.25, -0.2) is 0 Å². The molecule has 6 heteroatoms. The maximum absolute atomic E-state index is 12.5. The molecule has 21 heavy (non-hydrogen) atoms. The lowest BCUT2D eigenvalue weighted by Crippen LogP contribution is -2.50. The van der Waals surface area contributed by atoms with Gasteiger partial charge in [-0.3, -0.25) is 14.7 Å². The molecule has 0 aliphatic carbocycles. The normalized spacial score (nSPS) is 24.5. The fourth-order valence-electron chi connectivity index (χ4n) is 3.12. The molecule has 1 atom stereocenters. The first-order valence-electron chi connectivity index (χ1n) is 7.46. The van der Waals surface area contributed by atoms with Crippen molar-refractivity contribution < 1.29 is 4.79 Å². The third kappa shape index (κ3) is 3.36. The van der Waals surface area contributed by atoms with Crippen molar-refractivity contribution in [2.45, 2.75) is 12.5 Å². The standard InChI is InChI=1S/C15H21ClN4O/c1-18-4-6-19(7-5-18)14-2-3-20(11-14)15(21)12-8-13(16)10-17-9-12/h8-10,14H,2-7,11H2,1H3/t14-/m1/s1. The molecule has 3 heterocycles. The summed E-state index contributed by atoms with van der Waals surface area (Å²) in [4.78, 5) is 23.3. The van der Waals surface area contributed by atoms with Crippen molar-refractivity contribution in [1.82, 2.24) is 19.7 Å². The molecule has 114 valence electrons. The van der Waals surface area contributed by atoms with E-state index in [1.165, 1.54) is 0 Å². The Labute approximate surface area is 130 Å². The third-order valence-corrected chi connectivity index (χ3v) is 4.66. The van der Waals surface area contributed by atoms with Crippen molar-refractivity contribution in [1.29, 1.82) is 0 Å². The van der Waals surface area contributed by atoms with E-state index in [2.05, 4.69) is 21.8 Å². The van der Waals surface area contributed by atoms with Gasteiger partial charge in [0.1, 0.15) is 0 Å². The molecule has 1 aromatic heterocycles. The van der Waals surface area contributed by atoms with Crippen molar-refractivity contribution in [2.24, 2.45) is 0 Å². The average Bonchev–Trinajstić information content (AvgIpc) is 2.97. The lowest BCUT2D eigenvalue weighted by Gasteiger charge is -2.36. The van der Waals surface area contributed by atoms with Crippen molar-refractivity contribution >= 4 is 17.5 Å². The molecule has 1 amide bonds. The third-order valence-electron chi connectivity index (χ3n) is 4.46. The molecule has 0 saturated carbocycles. The van der Waals surface area contributed by atoms with Crippen LogP contribution < -0.4 is 0 Å². The quantitative estimate of drug-likeness (QED) is 0.823. The minimum absolute atomic E-state index is 0.0432. The first-order chi connectivity index (χ1) is 10.1. The van der Waals surface area contributed by atoms with Crippen LogP contribution in [0, 0.1) is 0 Å². The summed E-state index contributed by atoms with van der Waals surface area (Å²) >= 11 is 5.91. The first-order valence-corrected chi connectivity index (χ1v) is 7.84. The number of hydrogen-bond acceptors (Lipinski definition) is 4. The highest BCUT2D eigenvalue weighted by Crippen LogP contribution is 2.20. The van der Waals surface area contributed by atoms with Crippen LogP contribution in [0.5, 0.6) is 0 Å². The Kier molecular flexibility index (Phi) is 4.42. The largest absolute Gasteiger partial charge is 0.337 e. The maximum atomic E-state index is 12.5. The Hall–Kier alpha value is -1.17. The van der Waals surface area contributed by atoms with Crippen molar-refractivity contribution in [3.05, 3.63) is 29.0 Å². The van der Waals surface area contributed by atoms with Gasteiger partial charge >= 0.3 is 0 Å². The Morgan fingerprint density at radius 1 is 1.24 bits per heavy atom. The van der Waals surface area contributed by atoms with Crippen LogP contribution in [0.1, 0.15) is 16.8 Å². The van der Waals surface area contributed by atoms with Crippen molar-refractivity contribution in [3.8, 4) is 0 Å². The molecule has 2 aliphatic heterocycles. The van der Waals surface area contributed by atoms with Crippen LogP contribution in [-0.2, 0) is 0 Å². The van der Waals surface area contributed by atoms with E-state index in [0.717, 1.165) is 45.7 Å². The van der Waals surface area contributed by atoms with Crippen molar-refractivity contribution in [3.63, 3.8) is 0 Å². The molecule has 1 aromatic rings. The molecule has 3 rings (SSSR count). The summed E-state index contributed by atoms with van der Waals surface area (Å²) in [7, 11) is 2.16. The fraction of sp³-hybridized carbons (Fsp3) is 0.600. The molecule has 2 aliphatic rings. The highest BCUT2D eigenvalue weighted by Gasteiger charge is 2.32. The second-order valence-corrected chi connectivity index (χ2v) is 6.36. The van der Waals surface area contributed by atoms with E-state index < -0.39 is 0 Å². The van der Waals surface area contributed by atoms with Crippen LogP contribution in [-0.4, -0.2) is 77.9 Å². The SMILES string of the molecule is CN1CCN([C@@H]2CCN(C(=O)c3cncc(Cl)c3)C2)CC1. The van der Waals surface area contributed by atoms with Crippen LogP contribution in [0.15, 0.2) is 18.5 Å². The summed E-state index contributed by atoms with van der Waals surface area (Å²) in [6, 6.07) is 2.19. The molecule has 2 fully saturated rings. The molecule has 5 nitrogen and oxygen atoms in total. The highest BCUT2D eigenvalue weighted by molar-refractivity contribution is 6.30. The van der Waals surface area contributed by atoms with Gasteiger partial charge in [0.05, 0.1) is 10.6 Å². The number of amides is 1. The summed E-state index contributed by atoms with van der Waals surface area (Å²) < 4.78 is 0. The van der Waals surface area contributed by atoms with Gasteiger partial charge in [0.25, 0.3) is 5.91 Å². The molecule has 0 bridgehead atoms. The van der Waals surface area contributed by atoms with Crippen molar-refractivity contribution in [2.75, 3.05) is 46.3 Å². The molecule has 0 spiro atoms. The van der Waals surface area contributed by atoms with E-state index >= 15 is 0 Å². The lowest BCUT2D eigenvalue weighted by molar-refractivity contribution is 0.0755. The van der Waals surface area contributed by atoms with Crippen LogP contribution in [0.25, 0.3) is 0 Å². The van der Waals surface area contributed by atoms with Gasteiger partial charge in [-0.15, -0.1) is 0 Å². The number of pyridine rings is 1. The number of carbonyl (C=O) groups excluding carboxylic acids is 1. The summed E-state index contributed by atoms with van der Waals surface area (Å²) in [6.07, 6.45) is 4.20. The minimum atomic E-state index is 0.0432. The van der Waals surface area contributed by atoms with Gasteiger partial charge in [-0.1, -0.05) is 11.6 Å². The lowest BCUT2D eigenvalue weighted by atomic mass is 10.2. The Balaban J connectivity index is 1.60. The topological polar surface area (TPSA) is 39.7 Å². The number of carbonyl (C=O) groups is 1. The second-order valence-electron chi connectivity index (χ2n) is 5.92. The number of aromatic nitrogens is 1. The van der Waals surface area contributed by atoms with E-state index in [4.69, 9.17) is 11.6 Å². The minimum Gasteiger partial charge on any atom is -0.337 e. The Bertz CT molecular complexity index is 516. The van der Waals surface area contributed by atoms with Gasteiger partial charge in [-0.05, 0) is 19.5 Å². The second kappa shape index (κ2) is 6.30. The van der Waals surface area contributed by atoms with Crippen LogP contribution in [0.4, 0.5) is 0 Å². The van der Waals surface area contributed by atoms with Crippen LogP contribution >= 0.6 is 11.6 Å². The number of rotatable bonds is 2. The van der Waals surface area contributed by atoms with E-state index in [1.807, 2.05) is 4.90 Å². The smallest absolute Gasteiger partial charge is 0.255 e. The van der Waals surface area contributed by atoms with E-state index in [1.54, 1.807) is 18.5 Å². The molecule has 0 N–H and O–H groups in total. The molecular formula is C15H21ClN4O. The van der Waals surface area contributed by atoms with Crippen LogP contribution in [0.2, 0.25) is 5.02 Å². The molecule has 0 radical (unpaired) electrons. The predicted molar refractivity (Wildman–Crippen MR) is 82.6 cm³/mol. The number of nitrogens with zero attached hydrogens (tertiary/aromatic N) is 4. The summed E-state index contributed by atoms with van der Waals surface area (Å²) in [5.74, 6) is 0.0432. The fourth-order valence-corrected chi connectivity index (χ4v) is 3.30. The maximum Gasteiger partial charge on any atom is 0.255 e. The zero-order chi connectivity index (χ0) is 14.8. The number of likely N-dealkylation sites (tertiary alicyclic amines) is 1.